The number of aromatic nitrogens is 2. The van der Waals surface area contributed by atoms with Crippen LogP contribution < -0.4 is 4.74 Å². The fourth-order valence-electron chi connectivity index (χ4n) is 2.72. The Labute approximate surface area is 148 Å². The van der Waals surface area contributed by atoms with Gasteiger partial charge in [-0.25, -0.2) is 9.78 Å². The molecule has 1 amide bonds. The Balaban J connectivity index is 1.90. The van der Waals surface area contributed by atoms with Crippen LogP contribution >= 0.6 is 11.6 Å². The van der Waals surface area contributed by atoms with Crippen LogP contribution in [0.15, 0.2) is 6.07 Å². The Morgan fingerprint density at radius 2 is 2.12 bits per heavy atom. The predicted molar refractivity (Wildman–Crippen MR) is 92.5 cm³/mol. The van der Waals surface area contributed by atoms with E-state index in [1.165, 1.54) is 0 Å². The van der Waals surface area contributed by atoms with Gasteiger partial charge >= 0.3 is 12.1 Å². The number of carbonyl (C=O) groups is 1. The minimum atomic E-state index is -0.484. The van der Waals surface area contributed by atoms with E-state index in [1.807, 2.05) is 32.6 Å². The van der Waals surface area contributed by atoms with E-state index in [9.17, 15) is 4.79 Å². The Morgan fingerprint density at radius 1 is 1.38 bits per heavy atom. The summed E-state index contributed by atoms with van der Waals surface area (Å²) in [7, 11) is 0. The van der Waals surface area contributed by atoms with Crippen molar-refractivity contribution in [1.29, 1.82) is 0 Å². The van der Waals surface area contributed by atoms with E-state index in [-0.39, 0.29) is 18.1 Å². The van der Waals surface area contributed by atoms with Crippen molar-refractivity contribution in [3.8, 4) is 6.01 Å². The van der Waals surface area contributed by atoms with E-state index in [0.29, 0.717) is 18.2 Å². The van der Waals surface area contributed by atoms with Crippen molar-refractivity contribution in [3.63, 3.8) is 0 Å². The summed E-state index contributed by atoms with van der Waals surface area (Å²) < 4.78 is 11.1. The Hall–Kier alpha value is -1.56. The summed E-state index contributed by atoms with van der Waals surface area (Å²) in [6, 6.07) is 2.08. The minimum absolute atomic E-state index is 0.119. The van der Waals surface area contributed by atoms with Crippen molar-refractivity contribution in [3.05, 3.63) is 16.9 Å². The first-order valence-corrected chi connectivity index (χ1v) is 8.76. The molecular formula is C17H26ClN3O3. The van der Waals surface area contributed by atoms with E-state index < -0.39 is 5.60 Å². The van der Waals surface area contributed by atoms with Gasteiger partial charge in [-0.1, -0.05) is 11.6 Å². The van der Waals surface area contributed by atoms with Crippen molar-refractivity contribution in [2.24, 2.45) is 0 Å². The summed E-state index contributed by atoms with van der Waals surface area (Å²) in [5, 5.41) is 0.366. The lowest BCUT2D eigenvalue weighted by atomic mass is 10.0. The molecule has 0 aliphatic carbocycles. The summed E-state index contributed by atoms with van der Waals surface area (Å²) >= 11 is 5.90. The van der Waals surface area contributed by atoms with Gasteiger partial charge in [-0.15, -0.1) is 0 Å². The molecule has 1 aromatic heterocycles. The molecule has 2 rings (SSSR count). The average molecular weight is 356 g/mol. The standard InChI is InChI=1S/C17H26ClN3O3/c1-12-11-14(18)20-15(19-12)23-10-8-13-7-5-6-9-21(13)16(22)24-17(2,3)4/h11,13H,5-10H2,1-4H3. The molecule has 7 heteroatoms. The number of hydrogen-bond donors (Lipinski definition) is 0. The molecule has 0 radical (unpaired) electrons. The molecule has 0 saturated carbocycles. The van der Waals surface area contributed by atoms with Gasteiger partial charge in [0.05, 0.1) is 6.61 Å². The number of carbonyl (C=O) groups excluding carboxylic acids is 1. The summed E-state index contributed by atoms with van der Waals surface area (Å²) in [4.78, 5) is 22.4. The number of aryl methyl sites for hydroxylation is 1. The molecule has 1 fully saturated rings. The van der Waals surface area contributed by atoms with Crippen LogP contribution in [0.3, 0.4) is 0 Å². The predicted octanol–water partition coefficient (Wildman–Crippen LogP) is 4.00. The number of halogens is 1. The van der Waals surface area contributed by atoms with Gasteiger partial charge in [-0.2, -0.15) is 4.98 Å². The van der Waals surface area contributed by atoms with Crippen LogP contribution in [-0.4, -0.2) is 45.8 Å². The van der Waals surface area contributed by atoms with Gasteiger partial charge in [0.2, 0.25) is 0 Å². The smallest absolute Gasteiger partial charge is 0.410 e. The number of likely N-dealkylation sites (tertiary alicyclic amines) is 1. The first-order valence-electron chi connectivity index (χ1n) is 8.38. The van der Waals surface area contributed by atoms with Crippen LogP contribution in [0.2, 0.25) is 5.15 Å². The maximum absolute atomic E-state index is 12.4. The zero-order valence-electron chi connectivity index (χ0n) is 14.8. The molecule has 1 aliphatic heterocycles. The van der Waals surface area contributed by atoms with E-state index >= 15 is 0 Å². The maximum atomic E-state index is 12.4. The fourth-order valence-corrected chi connectivity index (χ4v) is 2.95. The zero-order chi connectivity index (χ0) is 17.7. The summed E-state index contributed by atoms with van der Waals surface area (Å²) in [5.74, 6) is 0. The van der Waals surface area contributed by atoms with Crippen molar-refractivity contribution in [2.75, 3.05) is 13.2 Å². The van der Waals surface area contributed by atoms with Crippen LogP contribution in [0.5, 0.6) is 6.01 Å². The van der Waals surface area contributed by atoms with Crippen LogP contribution in [0.4, 0.5) is 4.79 Å². The summed E-state index contributed by atoms with van der Waals surface area (Å²) in [6.45, 7) is 8.64. The monoisotopic (exact) mass is 355 g/mol. The SMILES string of the molecule is Cc1cc(Cl)nc(OCCC2CCCCN2C(=O)OC(C)(C)C)n1. The number of amides is 1. The van der Waals surface area contributed by atoms with Gasteiger partial charge in [0.15, 0.2) is 0 Å². The second-order valence-corrected chi connectivity index (χ2v) is 7.46. The van der Waals surface area contributed by atoms with Crippen LogP contribution in [0.25, 0.3) is 0 Å². The number of piperidine rings is 1. The van der Waals surface area contributed by atoms with E-state index in [4.69, 9.17) is 21.1 Å². The Bertz CT molecular complexity index is 554. The molecule has 2 heterocycles. The van der Waals surface area contributed by atoms with Crippen LogP contribution in [0.1, 0.15) is 52.1 Å². The molecule has 24 heavy (non-hydrogen) atoms. The maximum Gasteiger partial charge on any atom is 0.410 e. The van der Waals surface area contributed by atoms with Crippen LogP contribution in [-0.2, 0) is 4.74 Å². The molecule has 1 atom stereocenters. The molecule has 6 nitrogen and oxygen atoms in total. The summed E-state index contributed by atoms with van der Waals surface area (Å²) in [5.41, 5.74) is 0.278. The lowest BCUT2D eigenvalue weighted by Gasteiger charge is -2.36. The highest BCUT2D eigenvalue weighted by Crippen LogP contribution is 2.23. The highest BCUT2D eigenvalue weighted by atomic mass is 35.5. The van der Waals surface area contributed by atoms with Gasteiger partial charge in [-0.3, -0.25) is 0 Å². The second kappa shape index (κ2) is 8.01. The number of hydrogen-bond acceptors (Lipinski definition) is 5. The lowest BCUT2D eigenvalue weighted by Crippen LogP contribution is -2.46. The van der Waals surface area contributed by atoms with Crippen molar-refractivity contribution >= 4 is 17.7 Å². The van der Waals surface area contributed by atoms with Gasteiger partial charge in [0.25, 0.3) is 0 Å². The highest BCUT2D eigenvalue weighted by Gasteiger charge is 2.30. The molecule has 1 saturated heterocycles. The third-order valence-electron chi connectivity index (χ3n) is 3.74. The van der Waals surface area contributed by atoms with Gasteiger partial charge in [0.1, 0.15) is 10.8 Å². The largest absolute Gasteiger partial charge is 0.463 e. The molecule has 0 bridgehead atoms. The van der Waals surface area contributed by atoms with E-state index in [1.54, 1.807) is 6.07 Å². The Morgan fingerprint density at radius 3 is 2.79 bits per heavy atom. The fraction of sp³-hybridized carbons (Fsp3) is 0.706. The third kappa shape index (κ3) is 5.82. The first kappa shape index (κ1) is 18.8. The summed E-state index contributed by atoms with van der Waals surface area (Å²) in [6.07, 6.45) is 3.54. The van der Waals surface area contributed by atoms with E-state index in [2.05, 4.69) is 9.97 Å². The third-order valence-corrected chi connectivity index (χ3v) is 3.93. The van der Waals surface area contributed by atoms with E-state index in [0.717, 1.165) is 31.5 Å². The molecule has 134 valence electrons. The lowest BCUT2D eigenvalue weighted by molar-refractivity contribution is 0.00732. The Kier molecular flexibility index (Phi) is 6.27. The molecule has 1 aliphatic rings. The van der Waals surface area contributed by atoms with Crippen molar-refractivity contribution in [1.82, 2.24) is 14.9 Å². The number of ether oxygens (including phenoxy) is 2. The molecule has 0 aromatic carbocycles. The average Bonchev–Trinajstić information content (AvgIpc) is 2.45. The van der Waals surface area contributed by atoms with Crippen LogP contribution in [0, 0.1) is 6.92 Å². The number of nitrogens with zero attached hydrogens (tertiary/aromatic N) is 3. The minimum Gasteiger partial charge on any atom is -0.463 e. The second-order valence-electron chi connectivity index (χ2n) is 7.08. The van der Waals surface area contributed by atoms with Gasteiger partial charge < -0.3 is 14.4 Å². The normalized spacial score (nSPS) is 18.4. The molecule has 1 aromatic rings. The molecule has 0 spiro atoms. The first-order chi connectivity index (χ1) is 11.2. The van der Waals surface area contributed by atoms with Crippen molar-refractivity contribution < 1.29 is 14.3 Å². The molecular weight excluding hydrogens is 330 g/mol. The van der Waals surface area contributed by atoms with Gasteiger partial charge in [-0.05, 0) is 53.0 Å². The molecule has 0 N–H and O–H groups in total. The quantitative estimate of drug-likeness (QED) is 0.764. The van der Waals surface area contributed by atoms with Gasteiger partial charge in [0, 0.05) is 24.7 Å². The van der Waals surface area contributed by atoms with Crippen molar-refractivity contribution in [2.45, 2.75) is 65.0 Å². The zero-order valence-corrected chi connectivity index (χ0v) is 15.6. The number of rotatable bonds is 4. The topological polar surface area (TPSA) is 64.5 Å². The molecule has 1 unspecified atom stereocenters. The highest BCUT2D eigenvalue weighted by molar-refractivity contribution is 6.29.